The molecule has 0 aromatic carbocycles. The summed E-state index contributed by atoms with van der Waals surface area (Å²) in [5.74, 6) is -1.40. The van der Waals surface area contributed by atoms with Crippen molar-refractivity contribution >= 4 is 44.8 Å². The number of carboxylic acid groups (broad SMARTS) is 1. The molecule has 9 heteroatoms. The van der Waals surface area contributed by atoms with Crippen molar-refractivity contribution in [3.63, 3.8) is 0 Å². The van der Waals surface area contributed by atoms with Gasteiger partial charge in [0.25, 0.3) is 0 Å². The number of fused-ring (bicyclic) bond motifs is 1. The van der Waals surface area contributed by atoms with E-state index in [2.05, 4.69) is 0 Å². The quantitative estimate of drug-likeness (QED) is 0.693. The van der Waals surface area contributed by atoms with Crippen LogP contribution in [0, 0.1) is 10.1 Å². The van der Waals surface area contributed by atoms with Crippen molar-refractivity contribution in [2.45, 2.75) is 18.9 Å². The van der Waals surface area contributed by atoms with E-state index < -0.39 is 27.6 Å². The topological polar surface area (TPSA) is 102 Å². The Bertz CT molecular complexity index is 820. The van der Waals surface area contributed by atoms with E-state index in [9.17, 15) is 19.7 Å². The molecule has 1 saturated carbocycles. The number of nitrogens with zero attached hydrogens (tertiary/aromatic N) is 2. The predicted molar refractivity (Wildman–Crippen MR) is 73.0 cm³/mol. The Labute approximate surface area is 120 Å². The number of aromatic carboxylic acids is 1. The van der Waals surface area contributed by atoms with Gasteiger partial charge in [-0.15, -0.1) is 0 Å². The van der Waals surface area contributed by atoms with Gasteiger partial charge in [-0.25, -0.2) is 4.79 Å². The number of thiophene rings is 1. The van der Waals surface area contributed by atoms with Crippen molar-refractivity contribution in [2.75, 3.05) is 0 Å². The normalized spacial score (nSPS) is 14.7. The van der Waals surface area contributed by atoms with Gasteiger partial charge in [0.2, 0.25) is 5.43 Å². The maximum atomic E-state index is 12.2. The molecule has 1 fully saturated rings. The van der Waals surface area contributed by atoms with Gasteiger partial charge in [0.05, 0.1) is 4.92 Å². The second-order valence-corrected chi connectivity index (χ2v) is 6.08. The zero-order valence-electron chi connectivity index (χ0n) is 9.83. The Morgan fingerprint density at radius 1 is 1.55 bits per heavy atom. The molecule has 0 atom stereocenters. The number of carboxylic acids is 1. The molecular formula is C11H7ClN2O5S. The van der Waals surface area contributed by atoms with Crippen LogP contribution in [0.4, 0.5) is 5.69 Å². The third-order valence-corrected chi connectivity index (χ3v) is 4.54. The number of hydrogen-bond acceptors (Lipinski definition) is 5. The van der Waals surface area contributed by atoms with E-state index in [1.165, 1.54) is 6.20 Å². The number of carbonyl (C=O) groups is 1. The summed E-state index contributed by atoms with van der Waals surface area (Å²) in [6, 6.07) is 0.0746. The van der Waals surface area contributed by atoms with Crippen LogP contribution in [0.1, 0.15) is 29.2 Å². The van der Waals surface area contributed by atoms with Crippen LogP contribution < -0.4 is 5.43 Å². The molecule has 0 bridgehead atoms. The molecule has 1 N–H and O–H groups in total. The maximum absolute atomic E-state index is 12.2. The highest BCUT2D eigenvalue weighted by Gasteiger charge is 2.32. The van der Waals surface area contributed by atoms with Crippen LogP contribution in [0.25, 0.3) is 10.2 Å². The Balaban J connectivity index is 2.49. The zero-order chi connectivity index (χ0) is 14.6. The molecule has 7 nitrogen and oxygen atoms in total. The molecule has 0 unspecified atom stereocenters. The Kier molecular flexibility index (Phi) is 2.80. The number of hydrogen-bond donors (Lipinski definition) is 1. The molecule has 0 radical (unpaired) electrons. The van der Waals surface area contributed by atoms with E-state index in [0.29, 0.717) is 4.83 Å². The SMILES string of the molecule is O=C(O)c1cn(C2CC2)c2sc(Cl)c([N+](=O)[O-])c2c1=O. The fourth-order valence-electron chi connectivity index (χ4n) is 2.10. The monoisotopic (exact) mass is 314 g/mol. The molecule has 0 saturated heterocycles. The number of pyridine rings is 1. The Morgan fingerprint density at radius 3 is 2.70 bits per heavy atom. The van der Waals surface area contributed by atoms with Crippen molar-refractivity contribution in [1.29, 1.82) is 0 Å². The minimum Gasteiger partial charge on any atom is -0.477 e. The lowest BCUT2D eigenvalue weighted by atomic mass is 10.2. The molecule has 2 aromatic rings. The molecule has 20 heavy (non-hydrogen) atoms. The van der Waals surface area contributed by atoms with Gasteiger partial charge in [0.1, 0.15) is 15.8 Å². The van der Waals surface area contributed by atoms with Crippen LogP contribution in [-0.2, 0) is 0 Å². The molecule has 3 rings (SSSR count). The van der Waals surface area contributed by atoms with E-state index in [1.54, 1.807) is 4.57 Å². The molecule has 104 valence electrons. The summed E-state index contributed by atoms with van der Waals surface area (Å²) in [6.45, 7) is 0. The van der Waals surface area contributed by atoms with E-state index in [0.717, 1.165) is 24.2 Å². The van der Waals surface area contributed by atoms with E-state index in [-0.39, 0.29) is 15.8 Å². The summed E-state index contributed by atoms with van der Waals surface area (Å²) in [4.78, 5) is 34.0. The van der Waals surface area contributed by atoms with Crippen LogP contribution in [0.15, 0.2) is 11.0 Å². The van der Waals surface area contributed by atoms with E-state index in [4.69, 9.17) is 16.7 Å². The average molecular weight is 315 g/mol. The highest BCUT2D eigenvalue weighted by atomic mass is 35.5. The van der Waals surface area contributed by atoms with Crippen LogP contribution in [0.3, 0.4) is 0 Å². The van der Waals surface area contributed by atoms with Crippen molar-refractivity contribution in [2.24, 2.45) is 0 Å². The highest BCUT2D eigenvalue weighted by molar-refractivity contribution is 7.23. The smallest absolute Gasteiger partial charge is 0.341 e. The molecule has 2 aromatic heterocycles. The summed E-state index contributed by atoms with van der Waals surface area (Å²) in [5, 5.41) is 19.9. The largest absolute Gasteiger partial charge is 0.477 e. The fourth-order valence-corrected chi connectivity index (χ4v) is 3.53. The Hall–Kier alpha value is -1.93. The maximum Gasteiger partial charge on any atom is 0.341 e. The van der Waals surface area contributed by atoms with Crippen LogP contribution >= 0.6 is 22.9 Å². The van der Waals surface area contributed by atoms with Gasteiger partial charge in [-0.2, -0.15) is 0 Å². The third-order valence-electron chi connectivity index (χ3n) is 3.15. The summed E-state index contributed by atoms with van der Waals surface area (Å²) >= 11 is 6.77. The Morgan fingerprint density at radius 2 is 2.20 bits per heavy atom. The molecular weight excluding hydrogens is 308 g/mol. The first-order valence-electron chi connectivity index (χ1n) is 5.66. The number of rotatable bonds is 3. The summed E-state index contributed by atoms with van der Waals surface area (Å²) < 4.78 is 1.50. The standard InChI is InChI=1S/C11H7ClN2O5S/c12-9-7(14(18)19)6-8(15)5(11(16)17)3-13(4-1-2-4)10(6)20-9/h3-4H,1-2H2,(H,16,17). The van der Waals surface area contributed by atoms with Crippen molar-refractivity contribution in [3.05, 3.63) is 36.4 Å². The first-order valence-corrected chi connectivity index (χ1v) is 6.86. The lowest BCUT2D eigenvalue weighted by molar-refractivity contribution is -0.382. The van der Waals surface area contributed by atoms with E-state index >= 15 is 0 Å². The van der Waals surface area contributed by atoms with Crippen LogP contribution in [0.5, 0.6) is 0 Å². The van der Waals surface area contributed by atoms with Crippen LogP contribution in [-0.4, -0.2) is 20.6 Å². The van der Waals surface area contributed by atoms with Gasteiger partial charge in [-0.3, -0.25) is 14.9 Å². The first-order chi connectivity index (χ1) is 9.41. The summed E-state index contributed by atoms with van der Waals surface area (Å²) in [5.41, 5.74) is -1.84. The fraction of sp³-hybridized carbons (Fsp3) is 0.273. The predicted octanol–water partition coefficient (Wildman–Crippen LogP) is 2.66. The highest BCUT2D eigenvalue weighted by Crippen LogP contribution is 2.44. The molecule has 0 spiro atoms. The molecule has 2 heterocycles. The van der Waals surface area contributed by atoms with Crippen molar-refractivity contribution < 1.29 is 14.8 Å². The summed E-state index contributed by atoms with van der Waals surface area (Å²) in [7, 11) is 0. The lowest BCUT2D eigenvalue weighted by Crippen LogP contribution is -2.18. The van der Waals surface area contributed by atoms with Gasteiger partial charge >= 0.3 is 11.7 Å². The first kappa shape index (κ1) is 13.1. The lowest BCUT2D eigenvalue weighted by Gasteiger charge is -2.07. The van der Waals surface area contributed by atoms with Crippen molar-refractivity contribution in [3.8, 4) is 0 Å². The van der Waals surface area contributed by atoms with Crippen molar-refractivity contribution in [1.82, 2.24) is 4.57 Å². The average Bonchev–Trinajstić information content (AvgIpc) is 3.11. The van der Waals surface area contributed by atoms with Gasteiger partial charge in [-0.1, -0.05) is 22.9 Å². The van der Waals surface area contributed by atoms with Gasteiger partial charge < -0.3 is 9.67 Å². The van der Waals surface area contributed by atoms with Gasteiger partial charge in [0.15, 0.2) is 4.34 Å². The minimum atomic E-state index is -1.40. The second-order valence-electron chi connectivity index (χ2n) is 4.48. The van der Waals surface area contributed by atoms with Gasteiger partial charge in [-0.05, 0) is 12.8 Å². The molecule has 1 aliphatic rings. The zero-order valence-corrected chi connectivity index (χ0v) is 11.4. The molecule has 1 aliphatic carbocycles. The number of nitro groups is 1. The molecule has 0 amide bonds. The third kappa shape index (κ3) is 1.80. The van der Waals surface area contributed by atoms with Gasteiger partial charge in [0, 0.05) is 12.2 Å². The minimum absolute atomic E-state index is 0.0746. The van der Waals surface area contributed by atoms with E-state index in [1.807, 2.05) is 0 Å². The van der Waals surface area contributed by atoms with Crippen LogP contribution in [0.2, 0.25) is 4.34 Å². The summed E-state index contributed by atoms with van der Waals surface area (Å²) in [6.07, 6.45) is 2.95. The number of aromatic nitrogens is 1. The number of halogens is 1. The molecule has 0 aliphatic heterocycles. The second kappa shape index (κ2) is 4.29.